The zero-order valence-electron chi connectivity index (χ0n) is 9.88. The van der Waals surface area contributed by atoms with Crippen molar-refractivity contribution in [1.29, 1.82) is 0 Å². The van der Waals surface area contributed by atoms with Crippen molar-refractivity contribution >= 4 is 17.3 Å². The van der Waals surface area contributed by atoms with Gasteiger partial charge in [0.2, 0.25) is 0 Å². The largest absolute Gasteiger partial charge is 0.392 e. The Morgan fingerprint density at radius 1 is 1.39 bits per heavy atom. The molecule has 4 nitrogen and oxygen atoms in total. The van der Waals surface area contributed by atoms with Crippen LogP contribution in [0.15, 0.2) is 29.4 Å². The van der Waals surface area contributed by atoms with Crippen molar-refractivity contribution in [2.24, 2.45) is 11.1 Å². The summed E-state index contributed by atoms with van der Waals surface area (Å²) in [6, 6.07) is 7.22. The van der Waals surface area contributed by atoms with Crippen LogP contribution in [0.2, 0.25) is 5.02 Å². The van der Waals surface area contributed by atoms with Crippen molar-refractivity contribution in [3.63, 3.8) is 0 Å². The Balaban J connectivity index is 1.94. The lowest BCUT2D eigenvalue weighted by atomic mass is 9.91. The molecule has 0 radical (unpaired) electrons. The number of aliphatic hydroxyl groups excluding tert-OH is 1. The molecule has 1 aliphatic heterocycles. The van der Waals surface area contributed by atoms with Crippen LogP contribution < -0.4 is 0 Å². The van der Waals surface area contributed by atoms with E-state index in [2.05, 4.69) is 5.16 Å². The molecule has 0 saturated heterocycles. The van der Waals surface area contributed by atoms with Crippen LogP contribution in [0.25, 0.3) is 0 Å². The lowest BCUT2D eigenvalue weighted by molar-refractivity contribution is -0.0738. The third-order valence-corrected chi connectivity index (χ3v) is 3.95. The van der Waals surface area contributed by atoms with E-state index in [0.29, 0.717) is 17.2 Å². The molecular weight excluding hydrogens is 254 g/mol. The molecular formula is C13H14ClNO3. The van der Waals surface area contributed by atoms with Gasteiger partial charge in [-0.25, -0.2) is 0 Å². The van der Waals surface area contributed by atoms with Crippen molar-refractivity contribution in [1.82, 2.24) is 0 Å². The summed E-state index contributed by atoms with van der Waals surface area (Å²) in [6.07, 6.45) is -0.810. The Morgan fingerprint density at radius 2 is 2.06 bits per heavy atom. The Hall–Kier alpha value is -1.10. The number of fused-ring (bicyclic) bond motifs is 1. The number of nitrogens with zero attached hydrogens (tertiary/aromatic N) is 1. The molecule has 4 atom stereocenters. The van der Waals surface area contributed by atoms with Crippen LogP contribution in [0.4, 0.5) is 0 Å². The fraction of sp³-hybridized carbons (Fsp3) is 0.462. The first kappa shape index (κ1) is 12.0. The molecule has 18 heavy (non-hydrogen) atoms. The Bertz CT molecular complexity index is 497. The summed E-state index contributed by atoms with van der Waals surface area (Å²) in [5, 5.41) is 24.9. The molecule has 1 aromatic carbocycles. The van der Waals surface area contributed by atoms with E-state index >= 15 is 0 Å². The number of hydrogen-bond acceptors (Lipinski definition) is 4. The van der Waals surface area contributed by atoms with Gasteiger partial charge in [0.25, 0.3) is 0 Å². The minimum atomic E-state index is -1.04. The van der Waals surface area contributed by atoms with Crippen molar-refractivity contribution in [3.05, 3.63) is 34.9 Å². The van der Waals surface area contributed by atoms with Crippen molar-refractivity contribution in [2.45, 2.75) is 31.2 Å². The first-order valence-electron chi connectivity index (χ1n) is 5.89. The molecule has 1 aromatic rings. The van der Waals surface area contributed by atoms with Gasteiger partial charge in [-0.2, -0.15) is 0 Å². The summed E-state index contributed by atoms with van der Waals surface area (Å²) in [6.45, 7) is 1.67. The standard InChI is InChI=1S/C13H14ClNO3/c1-13(17)6-9(16)10-11(15-18-12(10)13)7-2-4-8(14)5-3-7/h2-5,9-10,12,16-17H,6H2,1H3/t9-,10-,12+,13+/m0/s1. The summed E-state index contributed by atoms with van der Waals surface area (Å²) >= 11 is 5.84. The predicted octanol–water partition coefficient (Wildman–Crippen LogP) is 1.57. The first-order chi connectivity index (χ1) is 8.49. The average Bonchev–Trinajstić information content (AvgIpc) is 2.82. The highest BCUT2D eigenvalue weighted by Gasteiger charge is 2.56. The van der Waals surface area contributed by atoms with E-state index in [9.17, 15) is 10.2 Å². The normalized spacial score (nSPS) is 38.2. The molecule has 1 heterocycles. The molecule has 1 fully saturated rings. The Kier molecular flexibility index (Phi) is 2.62. The molecule has 0 bridgehead atoms. The number of rotatable bonds is 1. The second kappa shape index (κ2) is 3.95. The predicted molar refractivity (Wildman–Crippen MR) is 67.6 cm³/mol. The number of hydrogen-bond donors (Lipinski definition) is 2. The zero-order valence-corrected chi connectivity index (χ0v) is 10.6. The summed E-state index contributed by atoms with van der Waals surface area (Å²) in [5.74, 6) is -0.277. The van der Waals surface area contributed by atoms with Crippen LogP contribution in [0.5, 0.6) is 0 Å². The van der Waals surface area contributed by atoms with E-state index in [1.54, 1.807) is 19.1 Å². The van der Waals surface area contributed by atoms with E-state index in [4.69, 9.17) is 16.4 Å². The maximum atomic E-state index is 10.2. The van der Waals surface area contributed by atoms with Crippen LogP contribution in [-0.4, -0.2) is 33.7 Å². The molecule has 1 aliphatic carbocycles. The van der Waals surface area contributed by atoms with E-state index in [0.717, 1.165) is 5.56 Å². The zero-order chi connectivity index (χ0) is 12.9. The van der Waals surface area contributed by atoms with Gasteiger partial charge in [-0.1, -0.05) is 28.9 Å². The monoisotopic (exact) mass is 267 g/mol. The fourth-order valence-corrected chi connectivity index (χ4v) is 2.93. The third-order valence-electron chi connectivity index (χ3n) is 3.70. The second-order valence-electron chi connectivity index (χ2n) is 5.16. The molecule has 5 heteroatoms. The van der Waals surface area contributed by atoms with E-state index in [1.807, 2.05) is 12.1 Å². The van der Waals surface area contributed by atoms with Crippen LogP contribution in [-0.2, 0) is 4.84 Å². The molecule has 3 rings (SSSR count). The molecule has 0 spiro atoms. The Labute approximate surface area is 110 Å². The van der Waals surface area contributed by atoms with Gasteiger partial charge in [0.15, 0.2) is 6.10 Å². The van der Waals surface area contributed by atoms with Gasteiger partial charge >= 0.3 is 0 Å². The molecule has 2 aliphatic rings. The number of halogens is 1. The minimum Gasteiger partial charge on any atom is -0.392 e. The molecule has 1 saturated carbocycles. The minimum absolute atomic E-state index is 0.277. The van der Waals surface area contributed by atoms with Crippen LogP contribution >= 0.6 is 11.6 Å². The van der Waals surface area contributed by atoms with Gasteiger partial charge in [0, 0.05) is 11.4 Å². The quantitative estimate of drug-likeness (QED) is 0.812. The lowest BCUT2D eigenvalue weighted by Gasteiger charge is -2.21. The van der Waals surface area contributed by atoms with Crippen molar-refractivity contribution in [2.75, 3.05) is 0 Å². The van der Waals surface area contributed by atoms with Crippen molar-refractivity contribution in [3.8, 4) is 0 Å². The van der Waals surface area contributed by atoms with Gasteiger partial charge < -0.3 is 15.1 Å². The maximum Gasteiger partial charge on any atom is 0.166 e. The smallest absolute Gasteiger partial charge is 0.166 e. The summed E-state index contributed by atoms with van der Waals surface area (Å²) in [7, 11) is 0. The summed E-state index contributed by atoms with van der Waals surface area (Å²) in [4.78, 5) is 5.30. The summed E-state index contributed by atoms with van der Waals surface area (Å²) < 4.78 is 0. The maximum absolute atomic E-state index is 10.2. The fourth-order valence-electron chi connectivity index (χ4n) is 2.80. The van der Waals surface area contributed by atoms with Gasteiger partial charge in [-0.05, 0) is 24.6 Å². The second-order valence-corrected chi connectivity index (χ2v) is 5.60. The highest BCUT2D eigenvalue weighted by atomic mass is 35.5. The van der Waals surface area contributed by atoms with Gasteiger partial charge in [-0.3, -0.25) is 0 Å². The number of benzene rings is 1. The molecule has 96 valence electrons. The van der Waals surface area contributed by atoms with E-state index < -0.39 is 17.8 Å². The molecule has 0 amide bonds. The average molecular weight is 268 g/mol. The lowest BCUT2D eigenvalue weighted by Crippen LogP contribution is -2.37. The molecule has 2 N–H and O–H groups in total. The van der Waals surface area contributed by atoms with Gasteiger partial charge in [0.05, 0.1) is 17.7 Å². The SMILES string of the molecule is C[C@@]1(O)C[C@H](O)[C@H]2C(c3ccc(Cl)cc3)=NO[C@H]21. The van der Waals surface area contributed by atoms with Crippen molar-refractivity contribution < 1.29 is 15.1 Å². The topological polar surface area (TPSA) is 62.0 Å². The summed E-state index contributed by atoms with van der Waals surface area (Å²) in [5.41, 5.74) is 0.507. The van der Waals surface area contributed by atoms with Crippen LogP contribution in [0, 0.1) is 5.92 Å². The van der Waals surface area contributed by atoms with Crippen LogP contribution in [0.1, 0.15) is 18.9 Å². The van der Waals surface area contributed by atoms with Crippen LogP contribution in [0.3, 0.4) is 0 Å². The highest BCUT2D eigenvalue weighted by molar-refractivity contribution is 6.30. The number of aliphatic hydroxyl groups is 2. The van der Waals surface area contributed by atoms with E-state index in [1.165, 1.54) is 0 Å². The Morgan fingerprint density at radius 3 is 2.72 bits per heavy atom. The highest BCUT2D eigenvalue weighted by Crippen LogP contribution is 2.42. The van der Waals surface area contributed by atoms with Gasteiger partial charge in [0.1, 0.15) is 5.60 Å². The number of oxime groups is 1. The third kappa shape index (κ3) is 1.72. The van der Waals surface area contributed by atoms with Gasteiger partial charge in [-0.15, -0.1) is 0 Å². The molecule has 0 aromatic heterocycles. The van der Waals surface area contributed by atoms with E-state index in [-0.39, 0.29) is 5.92 Å². The first-order valence-corrected chi connectivity index (χ1v) is 6.27. The molecule has 0 unspecified atom stereocenters.